The topological polar surface area (TPSA) is 95.7 Å². The van der Waals surface area contributed by atoms with Gasteiger partial charge in [0.05, 0.1) is 5.69 Å². The Morgan fingerprint density at radius 3 is 2.12 bits per heavy atom. The highest BCUT2D eigenvalue weighted by Crippen LogP contribution is 2.30. The largest absolute Gasteiger partial charge is 0.476 e. The fourth-order valence-corrected chi connectivity index (χ4v) is 4.54. The van der Waals surface area contributed by atoms with Crippen LogP contribution in [0.15, 0.2) is 48.5 Å². The summed E-state index contributed by atoms with van der Waals surface area (Å²) in [4.78, 5) is 41.0. The fourth-order valence-electron chi connectivity index (χ4n) is 4.54. The van der Waals surface area contributed by atoms with Crippen LogP contribution < -0.4 is 9.80 Å². The Morgan fingerprint density at radius 1 is 0.848 bits per heavy atom. The number of rotatable bonds is 4. The van der Waals surface area contributed by atoms with Gasteiger partial charge in [-0.15, -0.1) is 0 Å². The van der Waals surface area contributed by atoms with Gasteiger partial charge in [0, 0.05) is 36.4 Å². The Balaban J connectivity index is 1.50. The molecule has 1 aromatic heterocycles. The van der Waals surface area contributed by atoms with Gasteiger partial charge in [0.1, 0.15) is 5.69 Å². The van der Waals surface area contributed by atoms with Crippen LogP contribution in [0.1, 0.15) is 51.4 Å². The van der Waals surface area contributed by atoms with Crippen molar-refractivity contribution in [2.45, 2.75) is 32.6 Å². The third-order valence-electron chi connectivity index (χ3n) is 6.29. The lowest BCUT2D eigenvalue weighted by atomic mass is 10.0. The number of aromatic nitrogens is 2. The third kappa shape index (κ3) is 3.67. The summed E-state index contributed by atoms with van der Waals surface area (Å²) < 4.78 is 1.44. The number of hydrogen-bond donors (Lipinski definition) is 1. The summed E-state index contributed by atoms with van der Waals surface area (Å²) in [6.45, 7) is 3.02. The van der Waals surface area contributed by atoms with E-state index in [9.17, 15) is 19.5 Å². The minimum Gasteiger partial charge on any atom is -0.476 e. The summed E-state index contributed by atoms with van der Waals surface area (Å²) in [6.07, 6.45) is 2.85. The first-order valence-corrected chi connectivity index (χ1v) is 11.1. The van der Waals surface area contributed by atoms with E-state index in [-0.39, 0.29) is 23.2 Å². The maximum absolute atomic E-state index is 13.6. The monoisotopic (exact) mass is 444 g/mol. The predicted octanol–water partition coefficient (Wildman–Crippen LogP) is 3.60. The number of anilines is 2. The number of amides is 2. The van der Waals surface area contributed by atoms with Crippen LogP contribution >= 0.6 is 0 Å². The van der Waals surface area contributed by atoms with E-state index in [1.807, 2.05) is 55.5 Å². The molecular formula is C25H24N4O4. The summed E-state index contributed by atoms with van der Waals surface area (Å²) in [7, 11) is 0. The number of carbonyl (C=O) groups excluding carboxylic acids is 2. The molecule has 3 aromatic rings. The van der Waals surface area contributed by atoms with Gasteiger partial charge in [-0.3, -0.25) is 9.59 Å². The summed E-state index contributed by atoms with van der Waals surface area (Å²) in [5.41, 5.74) is 3.87. The third-order valence-corrected chi connectivity index (χ3v) is 6.29. The van der Waals surface area contributed by atoms with Crippen molar-refractivity contribution < 1.29 is 19.5 Å². The second-order valence-corrected chi connectivity index (χ2v) is 8.45. The van der Waals surface area contributed by atoms with E-state index in [1.165, 1.54) is 4.68 Å². The number of benzene rings is 2. The van der Waals surface area contributed by atoms with Crippen molar-refractivity contribution in [2.75, 3.05) is 22.9 Å². The minimum atomic E-state index is -1.14. The number of hydrogen-bond acceptors (Lipinski definition) is 4. The Kier molecular flexibility index (Phi) is 5.20. The molecule has 0 aliphatic carbocycles. The number of nitrogens with zero attached hydrogens (tertiary/aromatic N) is 4. The molecule has 2 aromatic carbocycles. The van der Waals surface area contributed by atoms with Gasteiger partial charge in [0.2, 0.25) is 5.91 Å². The Bertz CT molecular complexity index is 1240. The molecule has 2 aliphatic heterocycles. The first-order chi connectivity index (χ1) is 15.9. The summed E-state index contributed by atoms with van der Waals surface area (Å²) >= 11 is 0. The fraction of sp³-hybridized carbons (Fsp3) is 0.280. The second-order valence-electron chi connectivity index (χ2n) is 8.45. The number of aromatic carboxylic acids is 1. The highest BCUT2D eigenvalue weighted by molar-refractivity contribution is 6.09. The van der Waals surface area contributed by atoms with Crippen LogP contribution in [0.2, 0.25) is 0 Å². The molecular weight excluding hydrogens is 420 g/mol. The van der Waals surface area contributed by atoms with Crippen LogP contribution in [0.25, 0.3) is 5.69 Å². The van der Waals surface area contributed by atoms with E-state index >= 15 is 0 Å². The van der Waals surface area contributed by atoms with E-state index < -0.39 is 5.97 Å². The van der Waals surface area contributed by atoms with E-state index in [4.69, 9.17) is 0 Å². The van der Waals surface area contributed by atoms with Gasteiger partial charge in [-0.25, -0.2) is 9.48 Å². The summed E-state index contributed by atoms with van der Waals surface area (Å²) in [5, 5.41) is 13.9. The lowest BCUT2D eigenvalue weighted by Gasteiger charge is -2.29. The normalized spacial score (nSPS) is 16.2. The number of carboxylic acid groups (broad SMARTS) is 1. The van der Waals surface area contributed by atoms with Gasteiger partial charge in [-0.05, 0) is 62.6 Å². The zero-order valence-electron chi connectivity index (χ0n) is 18.3. The standard InChI is InChI=1S/C25H24N4O4/c1-16-5-7-19(8-6-16)29-23-20(22(26-29)25(32)33)13-15-28(24(23)31)18-11-9-17(10-12-18)27-14-3-2-4-21(27)30/h5-12H,2-4,13-15H2,1H3,(H,32,33). The molecule has 2 amide bonds. The van der Waals surface area contributed by atoms with Crippen LogP contribution in [0, 0.1) is 6.92 Å². The zero-order chi connectivity index (χ0) is 23.1. The lowest BCUT2D eigenvalue weighted by Crippen LogP contribution is -2.39. The molecule has 1 fully saturated rings. The van der Waals surface area contributed by atoms with Crippen LogP contribution in [0.4, 0.5) is 11.4 Å². The highest BCUT2D eigenvalue weighted by atomic mass is 16.4. The molecule has 5 rings (SSSR count). The average molecular weight is 444 g/mol. The maximum Gasteiger partial charge on any atom is 0.356 e. The van der Waals surface area contributed by atoms with Gasteiger partial charge in [0.15, 0.2) is 5.69 Å². The predicted molar refractivity (Wildman–Crippen MR) is 123 cm³/mol. The van der Waals surface area contributed by atoms with E-state index in [1.54, 1.807) is 9.80 Å². The van der Waals surface area contributed by atoms with Crippen LogP contribution in [-0.2, 0) is 11.2 Å². The summed E-state index contributed by atoms with van der Waals surface area (Å²) in [5.74, 6) is -1.32. The number of carbonyl (C=O) groups is 3. The SMILES string of the molecule is Cc1ccc(-n2nc(C(=O)O)c3c2C(=O)N(c2ccc(N4CCCCC4=O)cc2)CC3)cc1. The van der Waals surface area contributed by atoms with Gasteiger partial charge >= 0.3 is 5.97 Å². The van der Waals surface area contributed by atoms with E-state index in [2.05, 4.69) is 5.10 Å². The maximum atomic E-state index is 13.6. The number of fused-ring (bicyclic) bond motifs is 1. The molecule has 0 unspecified atom stereocenters. The van der Waals surface area contributed by atoms with Crippen LogP contribution in [-0.4, -0.2) is 45.8 Å². The Labute approximate surface area is 191 Å². The second kappa shape index (κ2) is 8.20. The molecule has 3 heterocycles. The van der Waals surface area contributed by atoms with Gasteiger partial charge in [-0.1, -0.05) is 17.7 Å². The zero-order valence-corrected chi connectivity index (χ0v) is 18.3. The molecule has 1 N–H and O–H groups in total. The average Bonchev–Trinajstić information content (AvgIpc) is 3.21. The van der Waals surface area contributed by atoms with Gasteiger partial charge in [0.25, 0.3) is 5.91 Å². The highest BCUT2D eigenvalue weighted by Gasteiger charge is 2.35. The molecule has 168 valence electrons. The minimum absolute atomic E-state index is 0.0856. The molecule has 8 nitrogen and oxygen atoms in total. The Morgan fingerprint density at radius 2 is 1.48 bits per heavy atom. The molecule has 0 saturated carbocycles. The quantitative estimate of drug-likeness (QED) is 0.663. The van der Waals surface area contributed by atoms with Gasteiger partial charge < -0.3 is 14.9 Å². The summed E-state index contributed by atoms with van der Waals surface area (Å²) in [6, 6.07) is 14.8. The number of piperidine rings is 1. The van der Waals surface area contributed by atoms with Crippen molar-refractivity contribution in [1.29, 1.82) is 0 Å². The van der Waals surface area contributed by atoms with E-state index in [0.29, 0.717) is 42.9 Å². The van der Waals surface area contributed by atoms with Crippen molar-refractivity contribution in [1.82, 2.24) is 9.78 Å². The number of aryl methyl sites for hydroxylation is 1. The molecule has 1 saturated heterocycles. The van der Waals surface area contributed by atoms with Crippen molar-refractivity contribution in [3.8, 4) is 5.69 Å². The molecule has 0 spiro atoms. The van der Waals surface area contributed by atoms with Crippen molar-refractivity contribution in [2.24, 2.45) is 0 Å². The number of carboxylic acids is 1. The first kappa shape index (κ1) is 20.9. The molecule has 0 radical (unpaired) electrons. The smallest absolute Gasteiger partial charge is 0.356 e. The molecule has 0 atom stereocenters. The van der Waals surface area contributed by atoms with Crippen LogP contribution in [0.3, 0.4) is 0 Å². The molecule has 0 bridgehead atoms. The van der Waals surface area contributed by atoms with Crippen molar-refractivity contribution in [3.05, 3.63) is 71.0 Å². The first-order valence-electron chi connectivity index (χ1n) is 11.1. The van der Waals surface area contributed by atoms with Gasteiger partial charge in [-0.2, -0.15) is 5.10 Å². The molecule has 33 heavy (non-hydrogen) atoms. The molecule has 8 heteroatoms. The van der Waals surface area contributed by atoms with Crippen molar-refractivity contribution in [3.63, 3.8) is 0 Å². The lowest BCUT2D eigenvalue weighted by molar-refractivity contribution is -0.119. The Hall–Kier alpha value is -3.94. The molecule has 2 aliphatic rings. The van der Waals surface area contributed by atoms with E-state index in [0.717, 1.165) is 24.1 Å². The van der Waals surface area contributed by atoms with Crippen LogP contribution in [0.5, 0.6) is 0 Å². The van der Waals surface area contributed by atoms with Crippen molar-refractivity contribution >= 4 is 29.2 Å².